The number of carbonyl (C=O) groups excluding carboxylic acids is 1. The standard InChI is InChI=1S/C18H18O4/c1-13-5-4-6-16(11-13)22-17(18(19)21-3)12-14-7-9-15(20-2)10-8-14/h4-12H,1-3H3/b17-12-. The fourth-order valence-corrected chi connectivity index (χ4v) is 1.89. The molecular weight excluding hydrogens is 280 g/mol. The lowest BCUT2D eigenvalue weighted by Gasteiger charge is -2.09. The lowest BCUT2D eigenvalue weighted by atomic mass is 10.2. The first-order valence-electron chi connectivity index (χ1n) is 6.81. The van der Waals surface area contributed by atoms with Gasteiger partial charge in [-0.15, -0.1) is 0 Å². The Hall–Kier alpha value is -2.75. The van der Waals surface area contributed by atoms with Crippen LogP contribution >= 0.6 is 0 Å². The molecule has 114 valence electrons. The highest BCUT2D eigenvalue weighted by Crippen LogP contribution is 2.19. The molecule has 0 spiro atoms. The fraction of sp³-hybridized carbons (Fsp3) is 0.167. The number of benzene rings is 2. The molecule has 0 aliphatic heterocycles. The Morgan fingerprint density at radius 3 is 2.32 bits per heavy atom. The molecule has 0 atom stereocenters. The summed E-state index contributed by atoms with van der Waals surface area (Å²) in [4.78, 5) is 11.9. The van der Waals surface area contributed by atoms with Crippen molar-refractivity contribution in [2.75, 3.05) is 14.2 Å². The van der Waals surface area contributed by atoms with Crippen LogP contribution in [0.1, 0.15) is 11.1 Å². The zero-order valence-electron chi connectivity index (χ0n) is 12.8. The highest BCUT2D eigenvalue weighted by molar-refractivity contribution is 5.91. The Bertz CT molecular complexity index is 672. The minimum absolute atomic E-state index is 0.123. The molecule has 0 bridgehead atoms. The van der Waals surface area contributed by atoms with Crippen LogP contribution in [0.3, 0.4) is 0 Å². The lowest BCUT2D eigenvalue weighted by Crippen LogP contribution is -2.10. The van der Waals surface area contributed by atoms with Gasteiger partial charge >= 0.3 is 5.97 Å². The summed E-state index contributed by atoms with van der Waals surface area (Å²) >= 11 is 0. The van der Waals surface area contributed by atoms with Crippen molar-refractivity contribution in [1.29, 1.82) is 0 Å². The lowest BCUT2D eigenvalue weighted by molar-refractivity contribution is -0.138. The van der Waals surface area contributed by atoms with Crippen LogP contribution in [0.2, 0.25) is 0 Å². The summed E-state index contributed by atoms with van der Waals surface area (Å²) in [6.07, 6.45) is 1.63. The van der Waals surface area contributed by atoms with Crippen LogP contribution in [0, 0.1) is 6.92 Å². The number of methoxy groups -OCH3 is 2. The normalized spacial score (nSPS) is 11.0. The van der Waals surface area contributed by atoms with Crippen LogP contribution in [0.4, 0.5) is 0 Å². The van der Waals surface area contributed by atoms with Crippen molar-refractivity contribution >= 4 is 12.0 Å². The van der Waals surface area contributed by atoms with Crippen molar-refractivity contribution in [2.45, 2.75) is 6.92 Å². The molecule has 0 saturated carbocycles. The molecular formula is C18H18O4. The molecule has 22 heavy (non-hydrogen) atoms. The van der Waals surface area contributed by atoms with Gasteiger partial charge in [0.1, 0.15) is 11.5 Å². The average molecular weight is 298 g/mol. The van der Waals surface area contributed by atoms with Gasteiger partial charge in [0, 0.05) is 0 Å². The second-order valence-corrected chi connectivity index (χ2v) is 4.69. The van der Waals surface area contributed by atoms with E-state index in [0.717, 1.165) is 16.9 Å². The minimum Gasteiger partial charge on any atom is -0.497 e. The van der Waals surface area contributed by atoms with Crippen molar-refractivity contribution in [2.24, 2.45) is 0 Å². The molecule has 4 nitrogen and oxygen atoms in total. The minimum atomic E-state index is -0.530. The third kappa shape index (κ3) is 4.12. The summed E-state index contributed by atoms with van der Waals surface area (Å²) in [6, 6.07) is 14.8. The van der Waals surface area contributed by atoms with E-state index in [2.05, 4.69) is 0 Å². The second kappa shape index (κ2) is 7.31. The third-order valence-electron chi connectivity index (χ3n) is 3.02. The first-order chi connectivity index (χ1) is 10.6. The van der Waals surface area contributed by atoms with Crippen LogP contribution in [0.5, 0.6) is 11.5 Å². The van der Waals surface area contributed by atoms with Gasteiger partial charge in [0.15, 0.2) is 0 Å². The Kier molecular flexibility index (Phi) is 5.20. The monoisotopic (exact) mass is 298 g/mol. The molecule has 0 saturated heterocycles. The van der Waals surface area contributed by atoms with Gasteiger partial charge in [0.25, 0.3) is 0 Å². The van der Waals surface area contributed by atoms with Gasteiger partial charge in [-0.2, -0.15) is 0 Å². The van der Waals surface area contributed by atoms with Crippen molar-refractivity contribution in [1.82, 2.24) is 0 Å². The number of rotatable bonds is 5. The summed E-state index contributed by atoms with van der Waals surface area (Å²) in [5.74, 6) is 0.928. The summed E-state index contributed by atoms with van der Waals surface area (Å²) in [6.45, 7) is 1.96. The maximum absolute atomic E-state index is 11.9. The van der Waals surface area contributed by atoms with Gasteiger partial charge in [0.05, 0.1) is 14.2 Å². The first kappa shape index (κ1) is 15.6. The van der Waals surface area contributed by atoms with Crippen molar-refractivity contribution in [3.63, 3.8) is 0 Å². The zero-order chi connectivity index (χ0) is 15.9. The maximum atomic E-state index is 11.9. The van der Waals surface area contributed by atoms with Crippen LogP contribution in [-0.4, -0.2) is 20.2 Å². The van der Waals surface area contributed by atoms with Gasteiger partial charge in [-0.05, 0) is 48.4 Å². The van der Waals surface area contributed by atoms with E-state index in [4.69, 9.17) is 14.2 Å². The highest BCUT2D eigenvalue weighted by Gasteiger charge is 2.13. The molecule has 4 heteroatoms. The summed E-state index contributed by atoms with van der Waals surface area (Å²) in [7, 11) is 2.93. The Labute approximate surface area is 129 Å². The molecule has 0 heterocycles. The number of hydrogen-bond acceptors (Lipinski definition) is 4. The van der Waals surface area contributed by atoms with E-state index in [1.165, 1.54) is 7.11 Å². The Morgan fingerprint density at radius 1 is 1.00 bits per heavy atom. The van der Waals surface area contributed by atoms with E-state index >= 15 is 0 Å². The van der Waals surface area contributed by atoms with Crippen molar-refractivity contribution in [3.8, 4) is 11.5 Å². The fourth-order valence-electron chi connectivity index (χ4n) is 1.89. The van der Waals surface area contributed by atoms with Gasteiger partial charge in [-0.3, -0.25) is 0 Å². The molecule has 0 unspecified atom stereocenters. The molecule has 0 amide bonds. The van der Waals surface area contributed by atoms with E-state index < -0.39 is 5.97 Å². The van der Waals surface area contributed by atoms with Gasteiger partial charge in [0.2, 0.25) is 5.76 Å². The second-order valence-electron chi connectivity index (χ2n) is 4.69. The SMILES string of the molecule is COC(=O)/C(=C/c1ccc(OC)cc1)Oc1cccc(C)c1. The quantitative estimate of drug-likeness (QED) is 0.480. The highest BCUT2D eigenvalue weighted by atomic mass is 16.6. The third-order valence-corrected chi connectivity index (χ3v) is 3.02. The van der Waals surface area contributed by atoms with Crippen LogP contribution < -0.4 is 9.47 Å². The molecule has 2 aromatic carbocycles. The molecule has 2 aromatic rings. The maximum Gasteiger partial charge on any atom is 0.373 e. The smallest absolute Gasteiger partial charge is 0.373 e. The van der Waals surface area contributed by atoms with E-state index in [1.54, 1.807) is 19.3 Å². The first-order valence-corrected chi connectivity index (χ1v) is 6.81. The molecule has 0 radical (unpaired) electrons. The Balaban J connectivity index is 2.28. The summed E-state index contributed by atoms with van der Waals surface area (Å²) < 4.78 is 15.5. The van der Waals surface area contributed by atoms with Gasteiger partial charge in [-0.25, -0.2) is 4.79 Å². The number of ether oxygens (including phenoxy) is 3. The average Bonchev–Trinajstić information content (AvgIpc) is 2.54. The zero-order valence-corrected chi connectivity index (χ0v) is 12.8. The predicted octanol–water partition coefficient (Wildman–Crippen LogP) is 3.60. The molecule has 0 N–H and O–H groups in total. The summed E-state index contributed by atoms with van der Waals surface area (Å²) in [5, 5.41) is 0. The van der Waals surface area contributed by atoms with Gasteiger partial charge < -0.3 is 14.2 Å². The van der Waals surface area contributed by atoms with E-state index in [1.807, 2.05) is 49.4 Å². The van der Waals surface area contributed by atoms with Crippen molar-refractivity contribution < 1.29 is 19.0 Å². The number of carbonyl (C=O) groups is 1. The topological polar surface area (TPSA) is 44.8 Å². The summed E-state index contributed by atoms with van der Waals surface area (Å²) in [5.41, 5.74) is 1.86. The van der Waals surface area contributed by atoms with Gasteiger partial charge in [-0.1, -0.05) is 24.3 Å². The largest absolute Gasteiger partial charge is 0.497 e. The van der Waals surface area contributed by atoms with E-state index in [0.29, 0.717) is 5.75 Å². The number of hydrogen-bond donors (Lipinski definition) is 0. The molecule has 0 aromatic heterocycles. The van der Waals surface area contributed by atoms with Crippen LogP contribution in [0.15, 0.2) is 54.3 Å². The molecule has 0 fully saturated rings. The molecule has 0 aliphatic carbocycles. The predicted molar refractivity (Wildman–Crippen MR) is 84.8 cm³/mol. The van der Waals surface area contributed by atoms with Crippen LogP contribution in [0.25, 0.3) is 6.08 Å². The van der Waals surface area contributed by atoms with E-state index in [9.17, 15) is 4.79 Å². The molecule has 2 rings (SSSR count). The number of esters is 1. The van der Waals surface area contributed by atoms with Crippen molar-refractivity contribution in [3.05, 3.63) is 65.4 Å². The molecule has 0 aliphatic rings. The Morgan fingerprint density at radius 2 is 1.73 bits per heavy atom. The number of aryl methyl sites for hydroxylation is 1. The van der Waals surface area contributed by atoms with Crippen LogP contribution in [-0.2, 0) is 9.53 Å². The van der Waals surface area contributed by atoms with E-state index in [-0.39, 0.29) is 5.76 Å².